The summed E-state index contributed by atoms with van der Waals surface area (Å²) in [4.78, 5) is 7.81. The maximum atomic E-state index is 9.80. The van der Waals surface area contributed by atoms with E-state index in [-0.39, 0.29) is 11.9 Å². The van der Waals surface area contributed by atoms with E-state index < -0.39 is 0 Å². The van der Waals surface area contributed by atoms with Gasteiger partial charge in [-0.05, 0) is 30.3 Å². The number of nitrogens with zero attached hydrogens (tertiary/aromatic N) is 2. The second-order valence-electron chi connectivity index (χ2n) is 5.31. The number of guanidine groups is 1. The Kier molecular flexibility index (Phi) is 2.87. The number of rotatable bonds is 2. The Balaban J connectivity index is 1.93. The lowest BCUT2D eigenvalue weighted by molar-refractivity contribution is -0.674. The first-order valence-corrected chi connectivity index (χ1v) is 7.17. The molecule has 1 aliphatic heterocycles. The largest absolute Gasteiger partial charge is 0.504 e. The number of ether oxygens (including phenoxy) is 1. The van der Waals surface area contributed by atoms with Gasteiger partial charge in [0.25, 0.3) is 5.96 Å². The van der Waals surface area contributed by atoms with Gasteiger partial charge in [0.2, 0.25) is 6.17 Å². The van der Waals surface area contributed by atoms with Crippen LogP contribution in [0.1, 0.15) is 11.7 Å². The summed E-state index contributed by atoms with van der Waals surface area (Å²) >= 11 is 0. The Morgan fingerprint density at radius 2 is 2.09 bits per heavy atom. The number of hydrogen-bond acceptors (Lipinski definition) is 5. The third kappa shape index (κ3) is 2.05. The van der Waals surface area contributed by atoms with Crippen molar-refractivity contribution < 1.29 is 14.4 Å². The van der Waals surface area contributed by atoms with Crippen LogP contribution in [0, 0.1) is 0 Å². The van der Waals surface area contributed by atoms with Crippen LogP contribution in [0.4, 0.5) is 5.95 Å². The van der Waals surface area contributed by atoms with Crippen molar-refractivity contribution in [2.24, 2.45) is 10.7 Å². The highest BCUT2D eigenvalue weighted by Crippen LogP contribution is 2.31. The molecule has 1 unspecified atom stereocenters. The predicted octanol–water partition coefficient (Wildman–Crippen LogP) is 1.46. The van der Waals surface area contributed by atoms with Crippen molar-refractivity contribution in [3.63, 3.8) is 0 Å². The molecule has 2 aromatic carbocycles. The Morgan fingerprint density at radius 3 is 2.91 bits per heavy atom. The minimum atomic E-state index is -0.350. The minimum absolute atomic E-state index is 0.0892. The molecular formula is C16H16N5O2+. The molecule has 5 N–H and O–H groups in total. The number of H-pyrrole nitrogens is 1. The number of aromatic amines is 1. The molecule has 0 spiro atoms. The number of aliphatic imine (C=N–C) groups is 1. The number of benzene rings is 2. The minimum Gasteiger partial charge on any atom is -0.504 e. The van der Waals surface area contributed by atoms with Gasteiger partial charge in [0.05, 0.1) is 7.11 Å². The Hall–Kier alpha value is -3.22. The summed E-state index contributed by atoms with van der Waals surface area (Å²) < 4.78 is 7.22. The van der Waals surface area contributed by atoms with Crippen molar-refractivity contribution in [1.82, 2.24) is 4.98 Å². The van der Waals surface area contributed by atoms with Gasteiger partial charge in [0.15, 0.2) is 11.5 Å². The maximum absolute atomic E-state index is 9.80. The molecule has 3 aromatic rings. The maximum Gasteiger partial charge on any atom is 0.365 e. The number of aromatic nitrogens is 2. The van der Waals surface area contributed by atoms with Gasteiger partial charge in [0, 0.05) is 5.56 Å². The number of aromatic hydroxyl groups is 1. The molecule has 116 valence electrons. The second kappa shape index (κ2) is 4.91. The van der Waals surface area contributed by atoms with Crippen LogP contribution in [0.5, 0.6) is 11.5 Å². The van der Waals surface area contributed by atoms with Gasteiger partial charge in [0.1, 0.15) is 11.0 Å². The summed E-state index contributed by atoms with van der Waals surface area (Å²) in [5.74, 6) is 1.58. The molecule has 0 bridgehead atoms. The van der Waals surface area contributed by atoms with Gasteiger partial charge in [-0.25, -0.2) is 14.9 Å². The molecule has 0 aliphatic carbocycles. The van der Waals surface area contributed by atoms with Crippen LogP contribution in [-0.2, 0) is 0 Å². The third-order valence-corrected chi connectivity index (χ3v) is 3.91. The average molecular weight is 310 g/mol. The zero-order chi connectivity index (χ0) is 16.0. The summed E-state index contributed by atoms with van der Waals surface area (Å²) in [5.41, 5.74) is 8.77. The van der Waals surface area contributed by atoms with Crippen molar-refractivity contribution in [2.45, 2.75) is 6.17 Å². The van der Waals surface area contributed by atoms with Crippen LogP contribution in [0.2, 0.25) is 0 Å². The van der Waals surface area contributed by atoms with Crippen molar-refractivity contribution in [3.8, 4) is 11.5 Å². The number of anilines is 1. The first kappa shape index (κ1) is 13.4. The normalized spacial score (nSPS) is 16.6. The topological polar surface area (TPSA) is 99.5 Å². The molecule has 1 atom stereocenters. The third-order valence-electron chi connectivity index (χ3n) is 3.91. The highest BCUT2D eigenvalue weighted by Gasteiger charge is 2.31. The fraction of sp³-hybridized carbons (Fsp3) is 0.125. The van der Waals surface area contributed by atoms with E-state index in [1.807, 2.05) is 34.9 Å². The number of phenols is 1. The molecule has 2 heterocycles. The number of fused-ring (bicyclic) bond motifs is 3. The Morgan fingerprint density at radius 1 is 1.26 bits per heavy atom. The van der Waals surface area contributed by atoms with Gasteiger partial charge in [-0.2, -0.15) is 4.99 Å². The second-order valence-corrected chi connectivity index (χ2v) is 5.31. The number of para-hydroxylation sites is 2. The van der Waals surface area contributed by atoms with E-state index in [1.165, 1.54) is 7.11 Å². The summed E-state index contributed by atoms with van der Waals surface area (Å²) in [6, 6.07) is 13.1. The lowest BCUT2D eigenvalue weighted by atomic mass is 10.1. The van der Waals surface area contributed by atoms with Crippen molar-refractivity contribution >= 4 is 22.9 Å². The predicted molar refractivity (Wildman–Crippen MR) is 86.5 cm³/mol. The monoisotopic (exact) mass is 310 g/mol. The fourth-order valence-corrected chi connectivity index (χ4v) is 2.86. The first-order valence-electron chi connectivity index (χ1n) is 7.17. The Labute approximate surface area is 132 Å². The zero-order valence-electron chi connectivity index (χ0n) is 12.4. The van der Waals surface area contributed by atoms with Crippen molar-refractivity contribution in [2.75, 3.05) is 12.4 Å². The number of nitrogens with one attached hydrogen (secondary N) is 2. The standard InChI is InChI=1S/C16H15N5O2/c1-23-13-8-9(6-7-12(13)22)14-19-15(17)20-16-18-10-4-2-3-5-11(10)21(14)16/h2-8,14H,1H3,(H4,17,18,19,20,22)/p+1. The molecule has 1 aliphatic rings. The number of phenolic OH excluding ortho intramolecular Hbond substituents is 1. The quantitative estimate of drug-likeness (QED) is 0.538. The van der Waals surface area contributed by atoms with E-state index in [4.69, 9.17) is 10.5 Å². The van der Waals surface area contributed by atoms with Gasteiger partial charge >= 0.3 is 5.95 Å². The summed E-state index contributed by atoms with van der Waals surface area (Å²) in [6.07, 6.45) is -0.350. The van der Waals surface area contributed by atoms with E-state index in [9.17, 15) is 5.11 Å². The molecule has 0 fully saturated rings. The van der Waals surface area contributed by atoms with E-state index in [1.54, 1.807) is 12.1 Å². The van der Waals surface area contributed by atoms with Crippen LogP contribution < -0.4 is 20.4 Å². The number of imidazole rings is 1. The SMILES string of the molecule is COc1cc(C2N=C(N)Nc3[nH]c4ccccc4[n+]32)ccc1O. The van der Waals surface area contributed by atoms with Crippen LogP contribution in [-0.4, -0.2) is 23.2 Å². The van der Waals surface area contributed by atoms with Gasteiger partial charge < -0.3 is 15.6 Å². The Bertz CT molecular complexity index is 931. The van der Waals surface area contributed by atoms with Crippen LogP contribution in [0.25, 0.3) is 11.0 Å². The molecule has 0 saturated heterocycles. The molecule has 4 rings (SSSR count). The summed E-state index contributed by atoms with van der Waals surface area (Å²) in [7, 11) is 1.52. The highest BCUT2D eigenvalue weighted by molar-refractivity contribution is 5.92. The zero-order valence-corrected chi connectivity index (χ0v) is 12.4. The molecule has 0 saturated carbocycles. The molecule has 23 heavy (non-hydrogen) atoms. The van der Waals surface area contributed by atoms with Gasteiger partial charge in [-0.1, -0.05) is 12.1 Å². The van der Waals surface area contributed by atoms with Gasteiger partial charge in [-0.15, -0.1) is 0 Å². The fourth-order valence-electron chi connectivity index (χ4n) is 2.86. The van der Waals surface area contributed by atoms with Crippen molar-refractivity contribution in [1.29, 1.82) is 0 Å². The van der Waals surface area contributed by atoms with E-state index in [0.717, 1.165) is 22.5 Å². The molecule has 0 amide bonds. The molecule has 7 nitrogen and oxygen atoms in total. The van der Waals surface area contributed by atoms with Crippen molar-refractivity contribution in [3.05, 3.63) is 48.0 Å². The molecule has 7 heteroatoms. The number of hydrogen-bond donors (Lipinski definition) is 4. The van der Waals surface area contributed by atoms with E-state index in [2.05, 4.69) is 15.3 Å². The van der Waals surface area contributed by atoms with E-state index >= 15 is 0 Å². The van der Waals surface area contributed by atoms with E-state index in [0.29, 0.717) is 11.7 Å². The molecular weight excluding hydrogens is 294 g/mol. The van der Waals surface area contributed by atoms with Crippen LogP contribution in [0.15, 0.2) is 47.5 Å². The summed E-state index contributed by atoms with van der Waals surface area (Å²) in [5, 5.41) is 12.8. The van der Waals surface area contributed by atoms with Crippen LogP contribution >= 0.6 is 0 Å². The lowest BCUT2D eigenvalue weighted by Gasteiger charge is -2.18. The highest BCUT2D eigenvalue weighted by atomic mass is 16.5. The lowest BCUT2D eigenvalue weighted by Crippen LogP contribution is -2.48. The summed E-state index contributed by atoms with van der Waals surface area (Å²) in [6.45, 7) is 0. The first-order chi connectivity index (χ1) is 11.2. The van der Waals surface area contributed by atoms with Crippen LogP contribution in [0.3, 0.4) is 0 Å². The number of methoxy groups -OCH3 is 1. The number of nitrogens with two attached hydrogens (primary N) is 1. The molecule has 0 radical (unpaired) electrons. The smallest absolute Gasteiger partial charge is 0.365 e. The average Bonchev–Trinajstić information content (AvgIpc) is 2.92. The molecule has 1 aromatic heterocycles. The van der Waals surface area contributed by atoms with Gasteiger partial charge in [-0.3, -0.25) is 0 Å².